The summed E-state index contributed by atoms with van der Waals surface area (Å²) in [4.78, 5) is 16.8. The van der Waals surface area contributed by atoms with Crippen LogP contribution in [-0.4, -0.2) is 40.0 Å². The van der Waals surface area contributed by atoms with E-state index in [-0.39, 0.29) is 22.4 Å². The van der Waals surface area contributed by atoms with Crippen molar-refractivity contribution in [1.29, 1.82) is 0 Å². The number of hydrogen-bond acceptors (Lipinski definition) is 4. The highest BCUT2D eigenvalue weighted by atomic mass is 16.5. The van der Waals surface area contributed by atoms with E-state index in [4.69, 9.17) is 4.74 Å². The van der Waals surface area contributed by atoms with Crippen LogP contribution in [0.3, 0.4) is 0 Å². The third-order valence-electron chi connectivity index (χ3n) is 6.92. The van der Waals surface area contributed by atoms with Gasteiger partial charge < -0.3 is 15.4 Å². The summed E-state index contributed by atoms with van der Waals surface area (Å²) in [6, 6.07) is -0.167. The highest BCUT2D eigenvalue weighted by molar-refractivity contribution is 5.76. The van der Waals surface area contributed by atoms with Gasteiger partial charge in [0.15, 0.2) is 5.82 Å². The standard InChI is InChI=1S/C17H29N5O2/c1-15(2)16(3,4)17(15,5)20-14(23)18-10-12-19-13(22-21-12)11-6-8-24-9-7-11/h11H,6-10H2,1-5H3,(H2,18,20,23)(H,19,21,22). The largest absolute Gasteiger partial charge is 0.381 e. The molecule has 2 heterocycles. The number of ether oxygens (including phenoxy) is 1. The first-order chi connectivity index (χ1) is 11.2. The van der Waals surface area contributed by atoms with E-state index in [1.54, 1.807) is 0 Å². The zero-order valence-electron chi connectivity index (χ0n) is 15.3. The van der Waals surface area contributed by atoms with Gasteiger partial charge in [-0.1, -0.05) is 27.7 Å². The summed E-state index contributed by atoms with van der Waals surface area (Å²) in [5.74, 6) is 1.86. The number of rotatable bonds is 4. The van der Waals surface area contributed by atoms with Crippen LogP contribution in [-0.2, 0) is 11.3 Å². The fourth-order valence-corrected chi connectivity index (χ4v) is 3.87. The summed E-state index contributed by atoms with van der Waals surface area (Å²) in [5, 5.41) is 13.2. The number of aromatic nitrogens is 3. The van der Waals surface area contributed by atoms with Crippen molar-refractivity contribution in [3.63, 3.8) is 0 Å². The third kappa shape index (κ3) is 2.59. The molecule has 1 aliphatic carbocycles. The lowest BCUT2D eigenvalue weighted by Crippen LogP contribution is -2.45. The van der Waals surface area contributed by atoms with E-state index < -0.39 is 0 Å². The Balaban J connectivity index is 1.51. The van der Waals surface area contributed by atoms with Gasteiger partial charge in [-0.25, -0.2) is 9.78 Å². The molecule has 24 heavy (non-hydrogen) atoms. The molecular formula is C17H29N5O2. The van der Waals surface area contributed by atoms with Gasteiger partial charge in [-0.05, 0) is 30.6 Å². The minimum atomic E-state index is -0.210. The maximum atomic E-state index is 12.3. The van der Waals surface area contributed by atoms with Crippen LogP contribution >= 0.6 is 0 Å². The second-order valence-electron chi connectivity index (χ2n) is 8.21. The van der Waals surface area contributed by atoms with E-state index in [2.05, 4.69) is 60.4 Å². The van der Waals surface area contributed by atoms with Gasteiger partial charge >= 0.3 is 6.03 Å². The van der Waals surface area contributed by atoms with Crippen molar-refractivity contribution in [2.24, 2.45) is 10.8 Å². The first-order valence-corrected chi connectivity index (χ1v) is 8.74. The van der Waals surface area contributed by atoms with Crippen LogP contribution in [0.1, 0.15) is 65.0 Å². The van der Waals surface area contributed by atoms with Gasteiger partial charge in [-0.2, -0.15) is 5.10 Å². The number of aromatic amines is 1. The maximum absolute atomic E-state index is 12.3. The molecule has 0 radical (unpaired) electrons. The van der Waals surface area contributed by atoms with Crippen molar-refractivity contribution in [2.45, 2.75) is 65.5 Å². The molecule has 1 aliphatic heterocycles. The van der Waals surface area contributed by atoms with E-state index in [1.165, 1.54) is 0 Å². The number of nitrogens with one attached hydrogen (secondary N) is 3. The van der Waals surface area contributed by atoms with Crippen molar-refractivity contribution in [2.75, 3.05) is 13.2 Å². The summed E-state index contributed by atoms with van der Waals surface area (Å²) in [5.41, 5.74) is -0.0711. The Kier molecular flexibility index (Phi) is 4.10. The SMILES string of the molecule is CC1(C)C(C)(C)C1(C)NC(=O)NCc1nc(C2CCOCC2)n[nH]1. The van der Waals surface area contributed by atoms with E-state index in [0.29, 0.717) is 18.3 Å². The summed E-state index contributed by atoms with van der Waals surface area (Å²) < 4.78 is 5.36. The Morgan fingerprint density at radius 1 is 1.21 bits per heavy atom. The number of carbonyl (C=O) groups excluding carboxylic acids is 1. The highest BCUT2D eigenvalue weighted by Gasteiger charge is 2.75. The Bertz CT molecular complexity index is 602. The average molecular weight is 335 g/mol. The first kappa shape index (κ1) is 17.2. The molecule has 1 saturated heterocycles. The molecule has 2 fully saturated rings. The van der Waals surface area contributed by atoms with Crippen molar-refractivity contribution in [1.82, 2.24) is 25.8 Å². The molecule has 0 spiro atoms. The number of amides is 2. The number of urea groups is 1. The molecule has 1 aromatic rings. The van der Waals surface area contributed by atoms with Crippen molar-refractivity contribution >= 4 is 6.03 Å². The topological polar surface area (TPSA) is 91.9 Å². The van der Waals surface area contributed by atoms with Crippen LogP contribution in [0.4, 0.5) is 4.79 Å². The summed E-state index contributed by atoms with van der Waals surface area (Å²) in [6.45, 7) is 12.7. The number of carbonyl (C=O) groups is 1. The lowest BCUT2D eigenvalue weighted by Gasteiger charge is -2.19. The highest BCUT2D eigenvalue weighted by Crippen LogP contribution is 2.70. The van der Waals surface area contributed by atoms with Crippen molar-refractivity contribution < 1.29 is 9.53 Å². The van der Waals surface area contributed by atoms with Gasteiger partial charge in [0.05, 0.1) is 12.1 Å². The smallest absolute Gasteiger partial charge is 0.315 e. The van der Waals surface area contributed by atoms with Crippen molar-refractivity contribution in [3.8, 4) is 0 Å². The average Bonchev–Trinajstić information content (AvgIpc) is 2.94. The Labute approximate surface area is 143 Å². The zero-order chi connectivity index (χ0) is 17.6. The second-order valence-corrected chi connectivity index (χ2v) is 8.21. The molecule has 3 rings (SSSR count). The monoisotopic (exact) mass is 335 g/mol. The molecule has 0 atom stereocenters. The zero-order valence-corrected chi connectivity index (χ0v) is 15.3. The van der Waals surface area contributed by atoms with E-state index in [0.717, 1.165) is 31.9 Å². The molecular weight excluding hydrogens is 306 g/mol. The lowest BCUT2D eigenvalue weighted by atomic mass is 10.00. The molecule has 1 saturated carbocycles. The van der Waals surface area contributed by atoms with Gasteiger partial charge in [-0.3, -0.25) is 5.10 Å². The minimum Gasteiger partial charge on any atom is -0.381 e. The van der Waals surface area contributed by atoms with Gasteiger partial charge in [-0.15, -0.1) is 0 Å². The molecule has 2 aliphatic rings. The minimum absolute atomic E-state index is 0.0692. The molecule has 134 valence electrons. The normalized spacial score (nSPS) is 24.4. The van der Waals surface area contributed by atoms with Gasteiger partial charge in [0.2, 0.25) is 0 Å². The molecule has 0 aromatic carbocycles. The van der Waals surface area contributed by atoms with Crippen LogP contribution in [0.25, 0.3) is 0 Å². The van der Waals surface area contributed by atoms with Crippen LogP contribution in [0.15, 0.2) is 0 Å². The second kappa shape index (κ2) is 5.72. The quantitative estimate of drug-likeness (QED) is 0.787. The van der Waals surface area contributed by atoms with E-state index >= 15 is 0 Å². The molecule has 2 amide bonds. The molecule has 7 heteroatoms. The molecule has 0 bridgehead atoms. The fraction of sp³-hybridized carbons (Fsp3) is 0.824. The number of H-pyrrole nitrogens is 1. The van der Waals surface area contributed by atoms with Crippen molar-refractivity contribution in [3.05, 3.63) is 11.6 Å². The van der Waals surface area contributed by atoms with Gasteiger partial charge in [0.1, 0.15) is 5.82 Å². The predicted molar refractivity (Wildman–Crippen MR) is 90.5 cm³/mol. The summed E-state index contributed by atoms with van der Waals surface area (Å²) >= 11 is 0. The van der Waals surface area contributed by atoms with Crippen LogP contribution in [0.2, 0.25) is 0 Å². The van der Waals surface area contributed by atoms with Crippen LogP contribution in [0.5, 0.6) is 0 Å². The fourth-order valence-electron chi connectivity index (χ4n) is 3.87. The number of nitrogens with zero attached hydrogens (tertiary/aromatic N) is 2. The Morgan fingerprint density at radius 2 is 1.83 bits per heavy atom. The summed E-state index contributed by atoms with van der Waals surface area (Å²) in [6.07, 6.45) is 1.90. The summed E-state index contributed by atoms with van der Waals surface area (Å²) in [7, 11) is 0. The molecule has 1 aromatic heterocycles. The number of hydrogen-bond donors (Lipinski definition) is 3. The molecule has 3 N–H and O–H groups in total. The Morgan fingerprint density at radius 3 is 2.42 bits per heavy atom. The Hall–Kier alpha value is -1.63. The van der Waals surface area contributed by atoms with Crippen LogP contribution < -0.4 is 10.6 Å². The van der Waals surface area contributed by atoms with Gasteiger partial charge in [0.25, 0.3) is 0 Å². The lowest BCUT2D eigenvalue weighted by molar-refractivity contribution is 0.0836. The van der Waals surface area contributed by atoms with E-state index in [9.17, 15) is 4.79 Å². The van der Waals surface area contributed by atoms with E-state index in [1.807, 2.05) is 0 Å². The first-order valence-electron chi connectivity index (χ1n) is 8.74. The van der Waals surface area contributed by atoms with Crippen LogP contribution in [0, 0.1) is 10.8 Å². The predicted octanol–water partition coefficient (Wildman–Crippen LogP) is 2.32. The molecule has 7 nitrogen and oxygen atoms in total. The maximum Gasteiger partial charge on any atom is 0.315 e. The third-order valence-corrected chi connectivity index (χ3v) is 6.92. The van der Waals surface area contributed by atoms with Gasteiger partial charge in [0, 0.05) is 19.1 Å². The molecule has 0 unspecified atom stereocenters.